The molecule has 0 bridgehead atoms. The number of aryl methyl sites for hydroxylation is 1. The number of benzene rings is 1. The Morgan fingerprint density at radius 2 is 2.05 bits per heavy atom. The summed E-state index contributed by atoms with van der Waals surface area (Å²) in [5, 5.41) is 12.9. The second-order valence-corrected chi connectivity index (χ2v) is 6.82. The normalized spacial score (nSPS) is 24.0. The number of rotatable bonds is 5. The standard InChI is InChI=1S/C18H26N2O2/c1-13-4-6-14(7-5-13)18(15-8-9-15)19-17(22)12-20-10-2-3-16(21)11-20/h4-7,15-16,18,21H,2-3,8-12H2,1H3,(H,19,22). The summed E-state index contributed by atoms with van der Waals surface area (Å²) in [7, 11) is 0. The first-order chi connectivity index (χ1) is 10.6. The molecule has 1 aromatic rings. The van der Waals surface area contributed by atoms with E-state index in [9.17, 15) is 9.90 Å². The molecule has 1 aliphatic carbocycles. The lowest BCUT2D eigenvalue weighted by molar-refractivity contribution is -0.123. The molecule has 1 amide bonds. The zero-order chi connectivity index (χ0) is 15.5. The fourth-order valence-corrected chi connectivity index (χ4v) is 3.27. The first-order valence-corrected chi connectivity index (χ1v) is 8.38. The molecule has 0 radical (unpaired) electrons. The number of nitrogens with zero attached hydrogens (tertiary/aromatic N) is 1. The highest BCUT2D eigenvalue weighted by atomic mass is 16.3. The van der Waals surface area contributed by atoms with Crippen LogP contribution in [0.2, 0.25) is 0 Å². The predicted octanol–water partition coefficient (Wildman–Crippen LogP) is 2.02. The second-order valence-electron chi connectivity index (χ2n) is 6.82. The maximum atomic E-state index is 12.4. The number of likely N-dealkylation sites (tertiary alicyclic amines) is 1. The topological polar surface area (TPSA) is 52.6 Å². The average molecular weight is 302 g/mol. The molecule has 0 spiro atoms. The van der Waals surface area contributed by atoms with Gasteiger partial charge >= 0.3 is 0 Å². The van der Waals surface area contributed by atoms with Gasteiger partial charge in [-0.3, -0.25) is 9.69 Å². The summed E-state index contributed by atoms with van der Waals surface area (Å²) >= 11 is 0. The van der Waals surface area contributed by atoms with Crippen LogP contribution in [0.3, 0.4) is 0 Å². The van der Waals surface area contributed by atoms with Gasteiger partial charge in [-0.15, -0.1) is 0 Å². The molecule has 2 fully saturated rings. The van der Waals surface area contributed by atoms with Crippen LogP contribution in [0.5, 0.6) is 0 Å². The molecule has 2 atom stereocenters. The fraction of sp³-hybridized carbons (Fsp3) is 0.611. The van der Waals surface area contributed by atoms with E-state index in [1.54, 1.807) is 0 Å². The first kappa shape index (κ1) is 15.5. The van der Waals surface area contributed by atoms with Gasteiger partial charge in [-0.05, 0) is 50.6 Å². The summed E-state index contributed by atoms with van der Waals surface area (Å²) in [6.45, 7) is 4.00. The molecule has 2 aliphatic rings. The lowest BCUT2D eigenvalue weighted by Crippen LogP contribution is -2.45. The number of carbonyl (C=O) groups excluding carboxylic acids is 1. The van der Waals surface area contributed by atoms with Crippen LogP contribution in [-0.2, 0) is 4.79 Å². The van der Waals surface area contributed by atoms with Crippen molar-refractivity contribution in [2.45, 2.75) is 44.8 Å². The molecule has 1 aliphatic heterocycles. The van der Waals surface area contributed by atoms with Crippen LogP contribution in [0.1, 0.15) is 42.9 Å². The minimum Gasteiger partial charge on any atom is -0.392 e. The van der Waals surface area contributed by atoms with Crippen LogP contribution < -0.4 is 5.32 Å². The molecule has 1 aromatic carbocycles. The minimum atomic E-state index is -0.280. The van der Waals surface area contributed by atoms with Gasteiger partial charge < -0.3 is 10.4 Å². The summed E-state index contributed by atoms with van der Waals surface area (Å²) < 4.78 is 0. The number of amides is 1. The van der Waals surface area contributed by atoms with Crippen LogP contribution in [0.4, 0.5) is 0 Å². The van der Waals surface area contributed by atoms with Crippen LogP contribution in [0.15, 0.2) is 24.3 Å². The van der Waals surface area contributed by atoms with Crippen LogP contribution >= 0.6 is 0 Å². The van der Waals surface area contributed by atoms with E-state index < -0.39 is 0 Å². The SMILES string of the molecule is Cc1ccc(C(NC(=O)CN2CCCC(O)C2)C2CC2)cc1. The van der Waals surface area contributed by atoms with Crippen molar-refractivity contribution in [3.8, 4) is 0 Å². The predicted molar refractivity (Wildman–Crippen MR) is 86.5 cm³/mol. The van der Waals surface area contributed by atoms with Gasteiger partial charge in [0.25, 0.3) is 0 Å². The molecule has 2 unspecified atom stereocenters. The van der Waals surface area contributed by atoms with Crippen LogP contribution in [0, 0.1) is 12.8 Å². The molecule has 22 heavy (non-hydrogen) atoms. The van der Waals surface area contributed by atoms with E-state index in [1.165, 1.54) is 24.0 Å². The van der Waals surface area contributed by atoms with Crippen molar-refractivity contribution in [2.75, 3.05) is 19.6 Å². The number of carbonyl (C=O) groups is 1. The minimum absolute atomic E-state index is 0.0755. The average Bonchev–Trinajstić information content (AvgIpc) is 3.30. The van der Waals surface area contributed by atoms with Crippen molar-refractivity contribution in [3.05, 3.63) is 35.4 Å². The van der Waals surface area contributed by atoms with Crippen molar-refractivity contribution in [3.63, 3.8) is 0 Å². The number of hydrogen-bond donors (Lipinski definition) is 2. The van der Waals surface area contributed by atoms with Crippen molar-refractivity contribution < 1.29 is 9.90 Å². The Hall–Kier alpha value is -1.39. The lowest BCUT2D eigenvalue weighted by Gasteiger charge is -2.30. The van der Waals surface area contributed by atoms with E-state index in [-0.39, 0.29) is 18.1 Å². The second kappa shape index (κ2) is 6.80. The highest BCUT2D eigenvalue weighted by Crippen LogP contribution is 2.41. The van der Waals surface area contributed by atoms with E-state index in [0.29, 0.717) is 19.0 Å². The van der Waals surface area contributed by atoms with Gasteiger partial charge in [0.2, 0.25) is 5.91 Å². The van der Waals surface area contributed by atoms with Crippen LogP contribution in [0.25, 0.3) is 0 Å². The first-order valence-electron chi connectivity index (χ1n) is 8.38. The van der Waals surface area contributed by atoms with Gasteiger partial charge in [0.1, 0.15) is 0 Å². The monoisotopic (exact) mass is 302 g/mol. The van der Waals surface area contributed by atoms with E-state index in [1.807, 2.05) is 0 Å². The van der Waals surface area contributed by atoms with E-state index in [0.717, 1.165) is 19.4 Å². The zero-order valence-electron chi connectivity index (χ0n) is 13.3. The zero-order valence-corrected chi connectivity index (χ0v) is 13.3. The molecule has 3 rings (SSSR count). The van der Waals surface area contributed by atoms with Gasteiger partial charge in [0.15, 0.2) is 0 Å². The highest BCUT2D eigenvalue weighted by molar-refractivity contribution is 5.78. The Bertz CT molecular complexity index is 510. The lowest BCUT2D eigenvalue weighted by atomic mass is 10.0. The highest BCUT2D eigenvalue weighted by Gasteiger charge is 2.33. The Morgan fingerprint density at radius 3 is 2.68 bits per heavy atom. The van der Waals surface area contributed by atoms with Crippen molar-refractivity contribution in [2.24, 2.45) is 5.92 Å². The molecule has 0 aromatic heterocycles. The molecule has 1 saturated heterocycles. The number of aliphatic hydroxyl groups is 1. The Morgan fingerprint density at radius 1 is 1.32 bits per heavy atom. The van der Waals surface area contributed by atoms with E-state index >= 15 is 0 Å². The number of aliphatic hydroxyl groups excluding tert-OH is 1. The van der Waals surface area contributed by atoms with Crippen molar-refractivity contribution >= 4 is 5.91 Å². The number of nitrogens with one attached hydrogen (secondary N) is 1. The summed E-state index contributed by atoms with van der Waals surface area (Å²) in [5.74, 6) is 0.658. The quantitative estimate of drug-likeness (QED) is 0.875. The van der Waals surface area contributed by atoms with Gasteiger partial charge in [0, 0.05) is 6.54 Å². The molecule has 1 heterocycles. The van der Waals surface area contributed by atoms with Gasteiger partial charge in [0.05, 0.1) is 18.7 Å². The van der Waals surface area contributed by atoms with E-state index in [4.69, 9.17) is 0 Å². The van der Waals surface area contributed by atoms with Gasteiger partial charge in [-0.25, -0.2) is 0 Å². The third-order valence-corrected chi connectivity index (χ3v) is 4.69. The molecule has 2 N–H and O–H groups in total. The molecule has 4 heteroatoms. The molecule has 1 saturated carbocycles. The van der Waals surface area contributed by atoms with Crippen molar-refractivity contribution in [1.29, 1.82) is 0 Å². The third-order valence-electron chi connectivity index (χ3n) is 4.69. The summed E-state index contributed by atoms with van der Waals surface area (Å²) in [6.07, 6.45) is 3.94. The number of β-amino-alcohol motifs (C(OH)–C–C–N with tert-alkyl or cyclic N) is 1. The van der Waals surface area contributed by atoms with Gasteiger partial charge in [-0.2, -0.15) is 0 Å². The molecular formula is C18H26N2O2. The van der Waals surface area contributed by atoms with Crippen LogP contribution in [-0.4, -0.2) is 41.7 Å². The third kappa shape index (κ3) is 4.08. The largest absolute Gasteiger partial charge is 0.392 e. The molecule has 4 nitrogen and oxygen atoms in total. The Labute approximate surface area is 132 Å². The fourth-order valence-electron chi connectivity index (χ4n) is 3.27. The summed E-state index contributed by atoms with van der Waals surface area (Å²) in [6, 6.07) is 8.62. The molecule has 120 valence electrons. The number of hydrogen-bond acceptors (Lipinski definition) is 3. The smallest absolute Gasteiger partial charge is 0.234 e. The summed E-state index contributed by atoms with van der Waals surface area (Å²) in [5.41, 5.74) is 2.45. The Kier molecular flexibility index (Phi) is 4.79. The molecular weight excluding hydrogens is 276 g/mol. The maximum Gasteiger partial charge on any atom is 0.234 e. The maximum absolute atomic E-state index is 12.4. The number of piperidine rings is 1. The van der Waals surface area contributed by atoms with Crippen molar-refractivity contribution in [1.82, 2.24) is 10.2 Å². The van der Waals surface area contributed by atoms with Gasteiger partial charge in [-0.1, -0.05) is 29.8 Å². The summed E-state index contributed by atoms with van der Waals surface area (Å²) in [4.78, 5) is 14.4. The van der Waals surface area contributed by atoms with E-state index in [2.05, 4.69) is 41.4 Å². The Balaban J connectivity index is 1.59.